The lowest BCUT2D eigenvalue weighted by Crippen LogP contribution is -2.41. The summed E-state index contributed by atoms with van der Waals surface area (Å²) in [6.07, 6.45) is 1.03. The predicted octanol–water partition coefficient (Wildman–Crippen LogP) is 2.02. The molecule has 1 aliphatic heterocycles. The molecule has 0 radical (unpaired) electrons. The molecule has 1 atom stereocenters. The molecule has 0 saturated carbocycles. The van der Waals surface area contributed by atoms with Crippen molar-refractivity contribution in [2.75, 3.05) is 7.11 Å². The number of hydrogen-bond acceptors (Lipinski definition) is 4. The summed E-state index contributed by atoms with van der Waals surface area (Å²) in [6.45, 7) is 1.85. The number of amides is 2. The van der Waals surface area contributed by atoms with E-state index in [4.69, 9.17) is 4.74 Å². The number of piperidine rings is 1. The summed E-state index contributed by atoms with van der Waals surface area (Å²) in [7, 11) is 1.42. The molecule has 1 aromatic carbocycles. The third-order valence-electron chi connectivity index (χ3n) is 3.83. The zero-order valence-corrected chi connectivity index (χ0v) is 12.6. The third-order valence-corrected chi connectivity index (χ3v) is 3.83. The maximum absolute atomic E-state index is 13.6. The maximum Gasteiger partial charge on any atom is 0.230 e. The monoisotopic (exact) mass is 307 g/mol. The van der Waals surface area contributed by atoms with Gasteiger partial charge in [-0.05, 0) is 18.9 Å². The minimum Gasteiger partial charge on any atom is -0.496 e. The lowest BCUT2D eigenvalue weighted by molar-refractivity contribution is -0.136. The number of ketones is 1. The number of carbonyl (C=O) groups is 3. The highest BCUT2D eigenvalue weighted by atomic mass is 19.1. The lowest BCUT2D eigenvalue weighted by atomic mass is 9.89. The summed E-state index contributed by atoms with van der Waals surface area (Å²) in [5.74, 6) is -1.86. The lowest BCUT2D eigenvalue weighted by Gasteiger charge is -2.20. The van der Waals surface area contributed by atoms with Crippen molar-refractivity contribution in [3.8, 4) is 5.75 Å². The fourth-order valence-corrected chi connectivity index (χ4v) is 2.67. The number of nitrogens with one attached hydrogen (secondary N) is 1. The van der Waals surface area contributed by atoms with Crippen molar-refractivity contribution in [1.29, 1.82) is 0 Å². The number of carbonyl (C=O) groups excluding carboxylic acids is 3. The SMILES string of the molecule is CCc1c(OC)cc(F)cc1C(=O)CC1CCC(=O)NC1=O. The van der Waals surface area contributed by atoms with Crippen LogP contribution in [0.15, 0.2) is 12.1 Å². The highest BCUT2D eigenvalue weighted by Crippen LogP contribution is 2.28. The molecule has 6 heteroatoms. The van der Waals surface area contributed by atoms with Crippen LogP contribution in [0.3, 0.4) is 0 Å². The summed E-state index contributed by atoms with van der Waals surface area (Å²) in [5.41, 5.74) is 0.866. The van der Waals surface area contributed by atoms with E-state index in [-0.39, 0.29) is 30.1 Å². The van der Waals surface area contributed by atoms with Gasteiger partial charge < -0.3 is 4.74 Å². The number of benzene rings is 1. The number of ether oxygens (including phenoxy) is 1. The molecule has 0 spiro atoms. The van der Waals surface area contributed by atoms with Gasteiger partial charge in [0.25, 0.3) is 0 Å². The summed E-state index contributed by atoms with van der Waals surface area (Å²) < 4.78 is 18.8. The van der Waals surface area contributed by atoms with Crippen LogP contribution in [0, 0.1) is 11.7 Å². The van der Waals surface area contributed by atoms with Crippen molar-refractivity contribution < 1.29 is 23.5 Å². The van der Waals surface area contributed by atoms with Crippen LogP contribution in [0.5, 0.6) is 5.75 Å². The Bertz CT molecular complexity index is 627. The summed E-state index contributed by atoms with van der Waals surface area (Å²) in [6, 6.07) is 2.41. The van der Waals surface area contributed by atoms with Crippen LogP contribution >= 0.6 is 0 Å². The molecule has 0 aromatic heterocycles. The van der Waals surface area contributed by atoms with Gasteiger partial charge >= 0.3 is 0 Å². The van der Waals surface area contributed by atoms with E-state index in [2.05, 4.69) is 5.32 Å². The van der Waals surface area contributed by atoms with Crippen LogP contribution in [0.2, 0.25) is 0 Å². The Morgan fingerprint density at radius 2 is 2.14 bits per heavy atom. The van der Waals surface area contributed by atoms with Crippen LogP contribution in [-0.2, 0) is 16.0 Å². The van der Waals surface area contributed by atoms with Crippen molar-refractivity contribution in [1.82, 2.24) is 5.32 Å². The molecule has 5 nitrogen and oxygen atoms in total. The number of imide groups is 1. The Morgan fingerprint density at radius 1 is 1.41 bits per heavy atom. The second kappa shape index (κ2) is 6.68. The van der Waals surface area contributed by atoms with Crippen LogP contribution in [-0.4, -0.2) is 24.7 Å². The first-order chi connectivity index (χ1) is 10.5. The minimum absolute atomic E-state index is 0.0429. The minimum atomic E-state index is -0.555. The summed E-state index contributed by atoms with van der Waals surface area (Å²) in [5, 5.41) is 2.22. The summed E-state index contributed by atoms with van der Waals surface area (Å²) >= 11 is 0. The first kappa shape index (κ1) is 16.1. The molecule has 2 rings (SSSR count). The van der Waals surface area contributed by atoms with E-state index < -0.39 is 17.6 Å². The first-order valence-electron chi connectivity index (χ1n) is 7.19. The molecule has 0 aliphatic carbocycles. The van der Waals surface area contributed by atoms with Crippen LogP contribution in [0.1, 0.15) is 42.1 Å². The number of hydrogen-bond donors (Lipinski definition) is 1. The number of rotatable bonds is 5. The van der Waals surface area contributed by atoms with Gasteiger partial charge in [0.15, 0.2) is 5.78 Å². The topological polar surface area (TPSA) is 72.5 Å². The Balaban J connectivity index is 2.24. The fourth-order valence-electron chi connectivity index (χ4n) is 2.67. The van der Waals surface area contributed by atoms with Crippen molar-refractivity contribution in [3.63, 3.8) is 0 Å². The highest BCUT2D eigenvalue weighted by molar-refractivity contribution is 6.04. The van der Waals surface area contributed by atoms with E-state index in [1.165, 1.54) is 19.2 Å². The fraction of sp³-hybridized carbons (Fsp3) is 0.438. The van der Waals surface area contributed by atoms with Crippen molar-refractivity contribution >= 4 is 17.6 Å². The van der Waals surface area contributed by atoms with Gasteiger partial charge in [0.05, 0.1) is 7.11 Å². The van der Waals surface area contributed by atoms with Gasteiger partial charge in [0.2, 0.25) is 11.8 Å². The Kier molecular flexibility index (Phi) is 4.90. The molecule has 1 saturated heterocycles. The molecule has 1 fully saturated rings. The smallest absolute Gasteiger partial charge is 0.230 e. The maximum atomic E-state index is 13.6. The van der Waals surface area contributed by atoms with E-state index >= 15 is 0 Å². The number of methoxy groups -OCH3 is 1. The number of Topliss-reactive ketones (excluding diaryl/α,β-unsaturated/α-hetero) is 1. The highest BCUT2D eigenvalue weighted by Gasteiger charge is 2.29. The molecule has 118 valence electrons. The predicted molar refractivity (Wildman–Crippen MR) is 77.2 cm³/mol. The van der Waals surface area contributed by atoms with Gasteiger partial charge in [-0.15, -0.1) is 0 Å². The van der Waals surface area contributed by atoms with E-state index in [1.54, 1.807) is 0 Å². The van der Waals surface area contributed by atoms with Gasteiger partial charge in [-0.3, -0.25) is 19.7 Å². The molecule has 1 heterocycles. The standard InChI is InChI=1S/C16H18FNO4/c1-3-11-12(7-10(17)8-14(11)22-2)13(19)6-9-4-5-15(20)18-16(9)21/h7-9H,3-6H2,1-2H3,(H,18,20,21). The molecule has 1 N–H and O–H groups in total. The molecule has 0 bridgehead atoms. The van der Waals surface area contributed by atoms with Crippen molar-refractivity contribution in [3.05, 3.63) is 29.1 Å². The Hall–Kier alpha value is -2.24. The average Bonchev–Trinajstić information content (AvgIpc) is 2.48. The van der Waals surface area contributed by atoms with Crippen LogP contribution < -0.4 is 10.1 Å². The molecule has 22 heavy (non-hydrogen) atoms. The number of halogens is 1. The van der Waals surface area contributed by atoms with Gasteiger partial charge in [-0.2, -0.15) is 0 Å². The van der Waals surface area contributed by atoms with E-state index in [9.17, 15) is 18.8 Å². The molecule has 2 amide bonds. The molecular weight excluding hydrogens is 289 g/mol. The van der Waals surface area contributed by atoms with Crippen LogP contribution in [0.4, 0.5) is 4.39 Å². The zero-order chi connectivity index (χ0) is 16.3. The zero-order valence-electron chi connectivity index (χ0n) is 12.6. The quantitative estimate of drug-likeness (QED) is 0.667. The molecule has 1 unspecified atom stereocenters. The van der Waals surface area contributed by atoms with E-state index in [1.807, 2.05) is 6.92 Å². The second-order valence-corrected chi connectivity index (χ2v) is 5.26. The van der Waals surface area contributed by atoms with Gasteiger partial charge in [0, 0.05) is 36.0 Å². The normalized spacial score (nSPS) is 18.0. The van der Waals surface area contributed by atoms with Gasteiger partial charge in [-0.25, -0.2) is 4.39 Å². The Morgan fingerprint density at radius 3 is 2.73 bits per heavy atom. The van der Waals surface area contributed by atoms with E-state index in [0.29, 0.717) is 24.2 Å². The van der Waals surface area contributed by atoms with Crippen molar-refractivity contribution in [2.45, 2.75) is 32.6 Å². The van der Waals surface area contributed by atoms with Crippen LogP contribution in [0.25, 0.3) is 0 Å². The van der Waals surface area contributed by atoms with Crippen molar-refractivity contribution in [2.24, 2.45) is 5.92 Å². The van der Waals surface area contributed by atoms with Gasteiger partial charge in [0.1, 0.15) is 11.6 Å². The average molecular weight is 307 g/mol. The molecule has 1 aliphatic rings. The third kappa shape index (κ3) is 3.32. The second-order valence-electron chi connectivity index (χ2n) is 5.26. The summed E-state index contributed by atoms with van der Waals surface area (Å²) in [4.78, 5) is 35.3. The van der Waals surface area contributed by atoms with Gasteiger partial charge in [-0.1, -0.05) is 6.92 Å². The largest absolute Gasteiger partial charge is 0.496 e. The Labute approximate surface area is 127 Å². The first-order valence-corrected chi connectivity index (χ1v) is 7.19. The van der Waals surface area contributed by atoms with E-state index in [0.717, 1.165) is 0 Å². The molecular formula is C16H18FNO4. The molecule has 1 aromatic rings.